The van der Waals surface area contributed by atoms with E-state index in [2.05, 4.69) is 29.8 Å². The molecule has 0 radical (unpaired) electrons. The van der Waals surface area contributed by atoms with E-state index in [9.17, 15) is 0 Å². The van der Waals surface area contributed by atoms with Gasteiger partial charge in [-0.2, -0.15) is 0 Å². The van der Waals surface area contributed by atoms with Crippen molar-refractivity contribution in [3.8, 4) is 0 Å². The highest BCUT2D eigenvalue weighted by Crippen LogP contribution is 2.40. The lowest BCUT2D eigenvalue weighted by molar-refractivity contribution is -0.0375. The Hall–Kier alpha value is 0.440. The minimum Gasteiger partial charge on any atom is -0.378 e. The molecule has 2 heteroatoms. The van der Waals surface area contributed by atoms with Crippen molar-refractivity contribution in [3.63, 3.8) is 0 Å². The van der Waals surface area contributed by atoms with Gasteiger partial charge in [-0.1, -0.05) is 55.5 Å². The van der Waals surface area contributed by atoms with Gasteiger partial charge in [0, 0.05) is 10.7 Å². The summed E-state index contributed by atoms with van der Waals surface area (Å²) in [5.41, 5.74) is 0.985. The van der Waals surface area contributed by atoms with Crippen molar-refractivity contribution in [2.45, 2.75) is 84.2 Å². The van der Waals surface area contributed by atoms with Gasteiger partial charge in [-0.25, -0.2) is 0 Å². The van der Waals surface area contributed by atoms with Crippen LogP contribution in [-0.2, 0) is 4.74 Å². The summed E-state index contributed by atoms with van der Waals surface area (Å²) in [4.78, 5) is 0. The number of hydrogen-bond donors (Lipinski definition) is 0. The summed E-state index contributed by atoms with van der Waals surface area (Å²) in [5, 5.41) is 1.12. The van der Waals surface area contributed by atoms with Gasteiger partial charge in [0.05, 0.1) is 12.7 Å². The van der Waals surface area contributed by atoms with E-state index in [-0.39, 0.29) is 0 Å². The van der Waals surface area contributed by atoms with Gasteiger partial charge in [0.15, 0.2) is 0 Å². The van der Waals surface area contributed by atoms with Gasteiger partial charge >= 0.3 is 0 Å². The molecule has 2 aliphatic carbocycles. The Morgan fingerprint density at radius 1 is 0.947 bits per heavy atom. The van der Waals surface area contributed by atoms with Crippen LogP contribution in [0.1, 0.15) is 78.1 Å². The molecular weight excluding hydrogens is 300 g/mol. The standard InChI is InChI=1S/C17H31BrO/c1-16(2)11-7-15(8-12-16)19-14-17(13-18)9-5-3-4-6-10-17/h15H,3-14H2,1-2H3. The highest BCUT2D eigenvalue weighted by atomic mass is 79.9. The van der Waals surface area contributed by atoms with Gasteiger partial charge in [0.25, 0.3) is 0 Å². The summed E-state index contributed by atoms with van der Waals surface area (Å²) in [5.74, 6) is 0. The van der Waals surface area contributed by atoms with Crippen molar-refractivity contribution in [3.05, 3.63) is 0 Å². The number of rotatable bonds is 4. The summed E-state index contributed by atoms with van der Waals surface area (Å²) in [6.07, 6.45) is 14.1. The van der Waals surface area contributed by atoms with Crippen LogP contribution in [0.2, 0.25) is 0 Å². The van der Waals surface area contributed by atoms with E-state index in [1.165, 1.54) is 64.2 Å². The molecule has 0 bridgehead atoms. The predicted octanol–water partition coefficient (Wildman–Crippen LogP) is 5.71. The molecule has 1 nitrogen and oxygen atoms in total. The van der Waals surface area contributed by atoms with Gasteiger partial charge in [-0.3, -0.25) is 0 Å². The molecule has 0 spiro atoms. The van der Waals surface area contributed by atoms with Crippen LogP contribution in [0.15, 0.2) is 0 Å². The third kappa shape index (κ3) is 4.74. The van der Waals surface area contributed by atoms with Crippen molar-refractivity contribution in [2.75, 3.05) is 11.9 Å². The van der Waals surface area contributed by atoms with Crippen molar-refractivity contribution in [1.82, 2.24) is 0 Å². The van der Waals surface area contributed by atoms with E-state index in [4.69, 9.17) is 4.74 Å². The van der Waals surface area contributed by atoms with Crippen molar-refractivity contribution >= 4 is 15.9 Å². The van der Waals surface area contributed by atoms with Gasteiger partial charge in [-0.05, 0) is 43.9 Å². The van der Waals surface area contributed by atoms with Crippen LogP contribution in [0.3, 0.4) is 0 Å². The Morgan fingerprint density at radius 3 is 2.05 bits per heavy atom. The van der Waals surface area contributed by atoms with Crippen LogP contribution < -0.4 is 0 Å². The number of hydrogen-bond acceptors (Lipinski definition) is 1. The highest BCUT2D eigenvalue weighted by Gasteiger charge is 2.33. The molecule has 2 fully saturated rings. The third-order valence-corrected chi connectivity index (χ3v) is 6.55. The quantitative estimate of drug-likeness (QED) is 0.474. The molecule has 0 aromatic rings. The lowest BCUT2D eigenvalue weighted by atomic mass is 9.76. The zero-order valence-electron chi connectivity index (χ0n) is 12.8. The maximum Gasteiger partial charge on any atom is 0.0575 e. The summed E-state index contributed by atoms with van der Waals surface area (Å²) in [6.45, 7) is 5.78. The monoisotopic (exact) mass is 330 g/mol. The van der Waals surface area contributed by atoms with Crippen LogP contribution in [0.5, 0.6) is 0 Å². The first-order chi connectivity index (χ1) is 9.05. The van der Waals surface area contributed by atoms with Gasteiger partial charge in [-0.15, -0.1) is 0 Å². The number of halogens is 1. The Kier molecular flexibility index (Phi) is 5.77. The van der Waals surface area contributed by atoms with Crippen LogP contribution in [0, 0.1) is 10.8 Å². The molecule has 0 amide bonds. The summed E-state index contributed by atoms with van der Waals surface area (Å²) < 4.78 is 6.34. The van der Waals surface area contributed by atoms with Crippen molar-refractivity contribution in [2.24, 2.45) is 10.8 Å². The Morgan fingerprint density at radius 2 is 1.53 bits per heavy atom. The molecular formula is C17H31BrO. The maximum atomic E-state index is 6.34. The third-order valence-electron chi connectivity index (χ3n) is 5.36. The van der Waals surface area contributed by atoms with Gasteiger partial charge in [0.1, 0.15) is 0 Å². The fourth-order valence-corrected chi connectivity index (χ4v) is 4.35. The molecule has 0 heterocycles. The zero-order chi connectivity index (χ0) is 13.8. The summed E-state index contributed by atoms with van der Waals surface area (Å²) in [7, 11) is 0. The number of alkyl halides is 1. The average Bonchev–Trinajstić information content (AvgIpc) is 2.64. The molecule has 0 aliphatic heterocycles. The Balaban J connectivity index is 1.79. The van der Waals surface area contributed by atoms with Gasteiger partial charge < -0.3 is 4.74 Å². The molecule has 112 valence electrons. The van der Waals surface area contributed by atoms with Crippen molar-refractivity contribution < 1.29 is 4.74 Å². The van der Waals surface area contributed by atoms with E-state index in [0.29, 0.717) is 16.9 Å². The topological polar surface area (TPSA) is 9.23 Å². The molecule has 0 aromatic heterocycles. The SMILES string of the molecule is CC1(C)CCC(OCC2(CBr)CCCCCC2)CC1. The first-order valence-electron chi connectivity index (χ1n) is 8.23. The van der Waals surface area contributed by atoms with Crippen LogP contribution >= 0.6 is 15.9 Å². The van der Waals surface area contributed by atoms with E-state index in [1.54, 1.807) is 0 Å². The molecule has 19 heavy (non-hydrogen) atoms. The van der Waals surface area contributed by atoms with Gasteiger partial charge in [0.2, 0.25) is 0 Å². The first-order valence-corrected chi connectivity index (χ1v) is 9.35. The second-order valence-electron chi connectivity index (χ2n) is 7.72. The molecule has 2 rings (SSSR count). The van der Waals surface area contributed by atoms with E-state index < -0.39 is 0 Å². The Labute approximate surface area is 128 Å². The fourth-order valence-electron chi connectivity index (χ4n) is 3.63. The number of ether oxygens (including phenoxy) is 1. The molecule has 0 aromatic carbocycles. The zero-order valence-corrected chi connectivity index (χ0v) is 14.4. The fraction of sp³-hybridized carbons (Fsp3) is 1.00. The lowest BCUT2D eigenvalue weighted by Gasteiger charge is -2.37. The normalized spacial score (nSPS) is 27.9. The average molecular weight is 331 g/mol. The highest BCUT2D eigenvalue weighted by molar-refractivity contribution is 9.09. The largest absolute Gasteiger partial charge is 0.378 e. The summed E-state index contributed by atoms with van der Waals surface area (Å²) in [6, 6.07) is 0. The molecule has 2 saturated carbocycles. The van der Waals surface area contributed by atoms with Crippen LogP contribution in [0.25, 0.3) is 0 Å². The van der Waals surface area contributed by atoms with Crippen LogP contribution in [-0.4, -0.2) is 18.0 Å². The van der Waals surface area contributed by atoms with E-state index >= 15 is 0 Å². The van der Waals surface area contributed by atoms with Crippen LogP contribution in [0.4, 0.5) is 0 Å². The van der Waals surface area contributed by atoms with Crippen molar-refractivity contribution in [1.29, 1.82) is 0 Å². The van der Waals surface area contributed by atoms with E-state index in [1.807, 2.05) is 0 Å². The first kappa shape index (κ1) is 15.8. The Bertz CT molecular complexity index is 256. The minimum absolute atomic E-state index is 0.434. The predicted molar refractivity (Wildman–Crippen MR) is 85.9 cm³/mol. The maximum absolute atomic E-state index is 6.34. The molecule has 0 atom stereocenters. The molecule has 0 saturated heterocycles. The molecule has 2 aliphatic rings. The smallest absolute Gasteiger partial charge is 0.0575 e. The minimum atomic E-state index is 0.434. The second kappa shape index (κ2) is 6.93. The molecule has 0 N–H and O–H groups in total. The summed E-state index contributed by atoms with van der Waals surface area (Å²) >= 11 is 3.77. The second-order valence-corrected chi connectivity index (χ2v) is 8.28. The van der Waals surface area contributed by atoms with E-state index in [0.717, 1.165) is 11.9 Å². The molecule has 0 unspecified atom stereocenters. The lowest BCUT2D eigenvalue weighted by Crippen LogP contribution is -2.33.